The molecule has 4 fully saturated rings. The van der Waals surface area contributed by atoms with Crippen molar-refractivity contribution < 1.29 is 67.2 Å². The second-order valence-electron chi connectivity index (χ2n) is 35.2. The summed E-state index contributed by atoms with van der Waals surface area (Å²) in [6, 6.07) is 48.3. The van der Waals surface area contributed by atoms with Crippen LogP contribution < -0.4 is 18.9 Å². The summed E-state index contributed by atoms with van der Waals surface area (Å²) >= 11 is 0. The molecule has 0 spiro atoms. The van der Waals surface area contributed by atoms with Crippen LogP contribution in [0.1, 0.15) is 497 Å². The van der Waals surface area contributed by atoms with Crippen LogP contribution >= 0.6 is 0 Å². The van der Waals surface area contributed by atoms with E-state index in [2.05, 4.69) is 144 Å². The molecular weight excluding hydrogens is 1650 g/mol. The van der Waals surface area contributed by atoms with E-state index in [0.29, 0.717) is 79.2 Å². The Balaban J connectivity index is -0.000000161. The smallest absolute Gasteiger partial charge is 0.311 e. The van der Waals surface area contributed by atoms with Gasteiger partial charge in [-0.15, -0.1) is 0 Å². The molecule has 10 rings (SSSR count). The molecule has 4 aliphatic carbocycles. The highest BCUT2D eigenvalue weighted by molar-refractivity contribution is 5.76. The zero-order chi connectivity index (χ0) is 89.6. The molecular formula is C119H218O14. The SMILES string of the molecule is C.C.C.C.C.C.C.C.C.C.C.C.CCC(C)(C)C(=O)OC1CCCCC1.CCC(C)(C)C(=O)OC1CCCCC1.CCC(C)c1ccc(O)cc1.CCC(C)c1ccc(O)cc1.CCC(C)c1ccc(OC(C)OC2CCCCC2)cc1.CCC(C)c1ccc(OCOC2CCCCC2)cc1.CCOC(C)Oc1ccc(C(C)CC)cc1.CCOC(C)Oc1ccc(C(C)CC)cc1. The number of hydrogen-bond donors (Lipinski definition) is 2. The van der Waals surface area contributed by atoms with Crippen LogP contribution in [0.5, 0.6) is 34.5 Å². The Hall–Kier alpha value is -7.10. The van der Waals surface area contributed by atoms with E-state index in [0.717, 1.165) is 87.2 Å². The summed E-state index contributed by atoms with van der Waals surface area (Å²) in [4.78, 5) is 23.5. The van der Waals surface area contributed by atoms with E-state index >= 15 is 0 Å². The molecule has 0 heterocycles. The number of aromatic hydroxyl groups is 2. The van der Waals surface area contributed by atoms with Gasteiger partial charge in [0.2, 0.25) is 0 Å². The highest BCUT2D eigenvalue weighted by atomic mass is 16.7. The Morgan fingerprint density at radius 2 is 0.504 bits per heavy atom. The van der Waals surface area contributed by atoms with Gasteiger partial charge in [0.25, 0.3) is 0 Å². The molecule has 14 nitrogen and oxygen atoms in total. The molecule has 0 radical (unpaired) electrons. The number of carbonyl (C=O) groups excluding carboxylic acids is 2. The second-order valence-corrected chi connectivity index (χ2v) is 35.2. The summed E-state index contributed by atoms with van der Waals surface area (Å²) in [7, 11) is 0. The van der Waals surface area contributed by atoms with Crippen molar-refractivity contribution in [3.63, 3.8) is 0 Å². The predicted octanol–water partition coefficient (Wildman–Crippen LogP) is 38.1. The van der Waals surface area contributed by atoms with E-state index in [1.165, 1.54) is 149 Å². The fraction of sp³-hybridized carbons (Fsp3) is 0.681. The van der Waals surface area contributed by atoms with Gasteiger partial charge in [-0.2, -0.15) is 0 Å². The number of esters is 2. The minimum Gasteiger partial charge on any atom is -0.508 e. The molecule has 14 heteroatoms. The molecule has 2 N–H and O–H groups in total. The van der Waals surface area contributed by atoms with E-state index in [4.69, 9.17) is 57.6 Å². The summed E-state index contributed by atoms with van der Waals surface area (Å²) in [5.74, 6) is 7.83. The maximum absolute atomic E-state index is 11.7. The van der Waals surface area contributed by atoms with Crippen molar-refractivity contribution in [3.8, 4) is 34.5 Å². The summed E-state index contributed by atoms with van der Waals surface area (Å²) < 4.78 is 56.1. The van der Waals surface area contributed by atoms with Gasteiger partial charge in [-0.1, -0.05) is 310 Å². The van der Waals surface area contributed by atoms with Crippen molar-refractivity contribution >= 4 is 11.9 Å². The Morgan fingerprint density at radius 3 is 0.729 bits per heavy atom. The third-order valence-electron chi connectivity index (χ3n) is 24.6. The number of hydrogen-bond acceptors (Lipinski definition) is 14. The van der Waals surface area contributed by atoms with Gasteiger partial charge < -0.3 is 57.6 Å². The third-order valence-corrected chi connectivity index (χ3v) is 24.6. The van der Waals surface area contributed by atoms with Crippen molar-refractivity contribution in [3.05, 3.63) is 179 Å². The fourth-order valence-electron chi connectivity index (χ4n) is 13.9. The second kappa shape index (κ2) is 84.2. The van der Waals surface area contributed by atoms with E-state index in [1.807, 2.05) is 137 Å². The van der Waals surface area contributed by atoms with Crippen molar-refractivity contribution in [2.24, 2.45) is 10.8 Å². The number of rotatable bonds is 34. The lowest BCUT2D eigenvalue weighted by atomic mass is 9.90. The summed E-state index contributed by atoms with van der Waals surface area (Å²) in [5.41, 5.74) is 7.45. The highest BCUT2D eigenvalue weighted by Gasteiger charge is 2.32. The van der Waals surface area contributed by atoms with Gasteiger partial charge in [0.05, 0.1) is 23.0 Å². The molecule has 6 aromatic carbocycles. The summed E-state index contributed by atoms with van der Waals surface area (Å²) in [6.07, 6.45) is 33.6. The van der Waals surface area contributed by atoms with Crippen molar-refractivity contribution in [1.29, 1.82) is 0 Å². The summed E-state index contributed by atoms with van der Waals surface area (Å²) in [6.45, 7) is 49.9. The molecule has 4 aliphatic rings. The molecule has 6 aromatic rings. The number of phenols is 2. The molecule has 0 saturated heterocycles. The minimum atomic E-state index is -0.308. The van der Waals surface area contributed by atoms with Crippen LogP contribution in [-0.2, 0) is 38.0 Å². The molecule has 9 unspecified atom stereocenters. The van der Waals surface area contributed by atoms with Crippen LogP contribution in [0.3, 0.4) is 0 Å². The van der Waals surface area contributed by atoms with E-state index < -0.39 is 0 Å². The van der Waals surface area contributed by atoms with Gasteiger partial charge in [0, 0.05) is 13.2 Å². The van der Waals surface area contributed by atoms with Crippen molar-refractivity contribution in [1.82, 2.24) is 0 Å². The van der Waals surface area contributed by atoms with Crippen molar-refractivity contribution in [2.75, 3.05) is 20.0 Å². The number of carbonyl (C=O) groups is 2. The molecule has 9 atom stereocenters. The fourth-order valence-corrected chi connectivity index (χ4v) is 13.9. The third kappa shape index (κ3) is 61.7. The van der Waals surface area contributed by atoms with Gasteiger partial charge in [-0.05, 0) is 332 Å². The first kappa shape index (κ1) is 146. The largest absolute Gasteiger partial charge is 0.508 e. The minimum absolute atomic E-state index is 0. The zero-order valence-electron chi connectivity index (χ0n) is 80.1. The standard InChI is InChI=1S/C18H28O2.C17H26O2.2C14H22O2.2C12H22O2.2C10H14O.12CH4/c1-4-14(2)16-10-12-18(13-11-16)20-15(3)19-17-8-6-5-7-9-17;1-3-14(2)15-9-11-17(12-10-15)19-13-18-16-7-5-4-6-8-16;2*1-5-11(3)13-7-9-14(10-8-13)16-12(4)15-6-2;2*1-4-12(2,3)11(13)14-10-8-6-5-7-9-10;2*1-3-8(2)9-4-6-10(11)7-5-9;;;;;;;;;;;;/h10-15,17H,4-9H2,1-3H3;9-12,14,16H,3-8,13H2,1-2H3;2*7-12H,5-6H2,1-4H3;2*10H,4-9H2,1-3H3;2*4-8,11H,3H2,1-2H3;12*1H4. The van der Waals surface area contributed by atoms with Gasteiger partial charge >= 0.3 is 11.9 Å². The zero-order valence-corrected chi connectivity index (χ0v) is 80.1. The van der Waals surface area contributed by atoms with E-state index in [9.17, 15) is 9.59 Å². The highest BCUT2D eigenvalue weighted by Crippen LogP contribution is 2.33. The van der Waals surface area contributed by atoms with E-state index in [-0.39, 0.29) is 143 Å². The maximum Gasteiger partial charge on any atom is 0.311 e. The topological polar surface area (TPSA) is 167 Å². The van der Waals surface area contributed by atoms with Gasteiger partial charge in [-0.3, -0.25) is 9.59 Å². The van der Waals surface area contributed by atoms with Crippen LogP contribution in [-0.4, -0.2) is 85.4 Å². The molecule has 4 saturated carbocycles. The lowest BCUT2D eigenvalue weighted by Gasteiger charge is -2.27. The molecule has 0 aromatic heterocycles. The lowest BCUT2D eigenvalue weighted by molar-refractivity contribution is -0.162. The van der Waals surface area contributed by atoms with Crippen LogP contribution in [0.2, 0.25) is 0 Å². The number of benzene rings is 6. The average molecular weight is 1870 g/mol. The van der Waals surface area contributed by atoms with Gasteiger partial charge in [0.15, 0.2) is 25.7 Å². The van der Waals surface area contributed by atoms with Gasteiger partial charge in [0.1, 0.15) is 46.7 Å². The Morgan fingerprint density at radius 1 is 0.293 bits per heavy atom. The van der Waals surface area contributed by atoms with Crippen molar-refractivity contribution in [2.45, 2.75) is 507 Å². The monoisotopic (exact) mass is 1870 g/mol. The van der Waals surface area contributed by atoms with Crippen LogP contribution in [0, 0.1) is 10.8 Å². The lowest BCUT2D eigenvalue weighted by Crippen LogP contribution is -2.31. The summed E-state index contributed by atoms with van der Waals surface area (Å²) in [5, 5.41) is 18.0. The molecule has 778 valence electrons. The number of ether oxygens (including phenoxy) is 10. The van der Waals surface area contributed by atoms with Gasteiger partial charge in [-0.25, -0.2) is 0 Å². The molecule has 0 bridgehead atoms. The molecule has 133 heavy (non-hydrogen) atoms. The first-order valence-electron chi connectivity index (χ1n) is 47.4. The van der Waals surface area contributed by atoms with E-state index in [1.54, 1.807) is 24.3 Å². The average Bonchev–Trinajstić information content (AvgIpc) is 0.872. The Kier molecular flexibility index (Phi) is 92.6. The quantitative estimate of drug-likeness (QED) is 0.0289. The maximum atomic E-state index is 11.7. The number of phenolic OH excluding ortho intramolecular Hbond substituents is 2. The normalized spacial score (nSPS) is 15.2. The van der Waals surface area contributed by atoms with Crippen LogP contribution in [0.15, 0.2) is 146 Å². The Labute approximate surface area is 825 Å². The molecule has 0 amide bonds. The first-order valence-corrected chi connectivity index (χ1v) is 47.4. The molecule has 0 aliphatic heterocycles. The van der Waals surface area contributed by atoms with Crippen LogP contribution in [0.4, 0.5) is 0 Å². The Bertz CT molecular complexity index is 3360. The van der Waals surface area contributed by atoms with Crippen LogP contribution in [0.25, 0.3) is 0 Å². The predicted molar refractivity (Wildman–Crippen MR) is 584 cm³/mol. The first-order chi connectivity index (χ1) is 57.9.